The molecule has 2 saturated heterocycles. The summed E-state index contributed by atoms with van der Waals surface area (Å²) in [6.45, 7) is 14.4. The molecule has 0 atom stereocenters. The fourth-order valence-electron chi connectivity index (χ4n) is 4.62. The van der Waals surface area contributed by atoms with Crippen LogP contribution in [0.5, 0.6) is 0 Å². The molecule has 3 aromatic rings. The van der Waals surface area contributed by atoms with E-state index in [1.165, 1.54) is 11.0 Å². The number of H-pyrrole nitrogens is 1. The lowest BCUT2D eigenvalue weighted by Gasteiger charge is -2.62. The van der Waals surface area contributed by atoms with Gasteiger partial charge in [0, 0.05) is 69.0 Å². The van der Waals surface area contributed by atoms with Crippen LogP contribution >= 0.6 is 0 Å². The van der Waals surface area contributed by atoms with Crippen LogP contribution in [-0.2, 0) is 0 Å². The molecule has 5 rings (SSSR count). The Kier molecular flexibility index (Phi) is 6.31. The molecule has 2 aliphatic rings. The van der Waals surface area contributed by atoms with Crippen LogP contribution in [0.3, 0.4) is 0 Å². The monoisotopic (exact) mass is 465 g/mol. The second-order valence-corrected chi connectivity index (χ2v) is 9.53. The van der Waals surface area contributed by atoms with E-state index in [-0.39, 0.29) is 11.7 Å². The standard InChI is InChI=1S/C23H28FN7O.C2H4/c1-14(2)30-10-23(11-30)12-31(13-23)19-6-5-16(8-17(19)24)26-22-25-9-15-7-18(21(32)29(3)4)27-20(15)28-22;1-2/h5-9,14H,10-13H2,1-4H3,(H2,25,26,27,28);1-2H2. The number of anilines is 3. The first-order chi connectivity index (χ1) is 16.2. The second-order valence-electron chi connectivity index (χ2n) is 9.53. The van der Waals surface area contributed by atoms with Gasteiger partial charge in [-0.3, -0.25) is 9.69 Å². The van der Waals surface area contributed by atoms with Crippen molar-refractivity contribution in [2.45, 2.75) is 19.9 Å². The summed E-state index contributed by atoms with van der Waals surface area (Å²) in [5.41, 5.74) is 2.54. The van der Waals surface area contributed by atoms with Crippen molar-refractivity contribution in [3.63, 3.8) is 0 Å². The highest BCUT2D eigenvalue weighted by Crippen LogP contribution is 2.43. The van der Waals surface area contributed by atoms with Gasteiger partial charge in [-0.05, 0) is 38.1 Å². The molecule has 1 amide bonds. The lowest BCUT2D eigenvalue weighted by molar-refractivity contribution is -0.0413. The normalized spacial score (nSPS) is 16.6. The highest BCUT2D eigenvalue weighted by atomic mass is 19.1. The minimum absolute atomic E-state index is 0.137. The molecule has 2 N–H and O–H groups in total. The van der Waals surface area contributed by atoms with E-state index in [1.54, 1.807) is 26.4 Å². The molecule has 0 saturated carbocycles. The van der Waals surface area contributed by atoms with Crippen molar-refractivity contribution in [2.75, 3.05) is 50.5 Å². The minimum Gasteiger partial charge on any atom is -0.368 e. The Balaban J connectivity index is 0.00000133. The Hall–Kier alpha value is -3.46. The van der Waals surface area contributed by atoms with Crippen LogP contribution in [0.4, 0.5) is 21.7 Å². The fourth-order valence-corrected chi connectivity index (χ4v) is 4.62. The number of aromatic amines is 1. The maximum absolute atomic E-state index is 14.8. The number of likely N-dealkylation sites (tertiary alicyclic amines) is 1. The summed E-state index contributed by atoms with van der Waals surface area (Å²) < 4.78 is 14.8. The minimum atomic E-state index is -0.260. The number of benzene rings is 1. The van der Waals surface area contributed by atoms with Crippen molar-refractivity contribution in [3.8, 4) is 0 Å². The summed E-state index contributed by atoms with van der Waals surface area (Å²) >= 11 is 0. The lowest BCUT2D eigenvalue weighted by atomic mass is 9.72. The average Bonchev–Trinajstić information content (AvgIpc) is 3.17. The number of aromatic nitrogens is 3. The Morgan fingerprint density at radius 1 is 1.21 bits per heavy atom. The molecule has 9 heteroatoms. The summed E-state index contributed by atoms with van der Waals surface area (Å²) in [7, 11) is 3.38. The molecule has 0 radical (unpaired) electrons. The van der Waals surface area contributed by atoms with E-state index in [9.17, 15) is 9.18 Å². The zero-order valence-corrected chi connectivity index (χ0v) is 20.2. The van der Waals surface area contributed by atoms with E-state index in [0.29, 0.717) is 40.1 Å². The third kappa shape index (κ3) is 4.35. The maximum atomic E-state index is 14.8. The predicted octanol–water partition coefficient (Wildman–Crippen LogP) is 3.88. The van der Waals surface area contributed by atoms with Gasteiger partial charge < -0.3 is 20.1 Å². The van der Waals surface area contributed by atoms with Crippen molar-refractivity contribution >= 4 is 34.3 Å². The molecule has 2 aromatic heterocycles. The average molecular weight is 466 g/mol. The van der Waals surface area contributed by atoms with Gasteiger partial charge in [0.1, 0.15) is 17.2 Å². The first-order valence-electron chi connectivity index (χ1n) is 11.4. The van der Waals surface area contributed by atoms with Crippen LogP contribution in [0.25, 0.3) is 11.0 Å². The topological polar surface area (TPSA) is 80.4 Å². The van der Waals surface area contributed by atoms with Crippen molar-refractivity contribution < 1.29 is 9.18 Å². The van der Waals surface area contributed by atoms with Gasteiger partial charge in [-0.25, -0.2) is 9.37 Å². The number of nitrogens with zero attached hydrogens (tertiary/aromatic N) is 5. The highest BCUT2D eigenvalue weighted by Gasteiger charge is 2.52. The van der Waals surface area contributed by atoms with Gasteiger partial charge in [0.15, 0.2) is 0 Å². The van der Waals surface area contributed by atoms with E-state index < -0.39 is 0 Å². The third-order valence-corrected chi connectivity index (χ3v) is 6.41. The molecule has 0 unspecified atom stereocenters. The predicted molar refractivity (Wildman–Crippen MR) is 134 cm³/mol. The molecule has 8 nitrogen and oxygen atoms in total. The van der Waals surface area contributed by atoms with E-state index >= 15 is 0 Å². The zero-order valence-electron chi connectivity index (χ0n) is 20.2. The molecular formula is C25H32FN7O. The van der Waals surface area contributed by atoms with Crippen molar-refractivity contribution in [1.29, 1.82) is 0 Å². The van der Waals surface area contributed by atoms with E-state index in [2.05, 4.69) is 57.1 Å². The zero-order chi connectivity index (χ0) is 24.6. The number of nitrogens with one attached hydrogen (secondary N) is 2. The first kappa shape index (κ1) is 23.7. The number of halogens is 1. The van der Waals surface area contributed by atoms with Crippen LogP contribution in [0, 0.1) is 11.2 Å². The van der Waals surface area contributed by atoms with E-state index in [1.807, 2.05) is 12.1 Å². The Morgan fingerprint density at radius 3 is 2.53 bits per heavy atom. The smallest absolute Gasteiger partial charge is 0.269 e. The number of hydrogen-bond donors (Lipinski definition) is 2. The second kappa shape index (κ2) is 9.06. The fraction of sp³-hybridized carbons (Fsp3) is 0.400. The molecule has 1 aromatic carbocycles. The number of fused-ring (bicyclic) bond motifs is 1. The van der Waals surface area contributed by atoms with Crippen LogP contribution < -0.4 is 10.2 Å². The van der Waals surface area contributed by atoms with Gasteiger partial charge in [0.2, 0.25) is 5.95 Å². The van der Waals surface area contributed by atoms with Crippen LogP contribution in [0.15, 0.2) is 43.6 Å². The number of carbonyl (C=O) groups excluding carboxylic acids is 1. The third-order valence-electron chi connectivity index (χ3n) is 6.41. The van der Waals surface area contributed by atoms with Gasteiger partial charge in [-0.2, -0.15) is 4.98 Å². The summed E-state index contributed by atoms with van der Waals surface area (Å²) in [6, 6.07) is 7.42. The summed E-state index contributed by atoms with van der Waals surface area (Å²) in [5.74, 6) is -0.0621. The first-order valence-corrected chi connectivity index (χ1v) is 11.4. The molecule has 0 bridgehead atoms. The summed E-state index contributed by atoms with van der Waals surface area (Å²) in [6.07, 6.45) is 1.64. The molecule has 4 heterocycles. The molecule has 2 aliphatic heterocycles. The maximum Gasteiger partial charge on any atom is 0.269 e. The van der Waals surface area contributed by atoms with Crippen molar-refractivity contribution in [1.82, 2.24) is 24.8 Å². The molecule has 180 valence electrons. The van der Waals surface area contributed by atoms with Gasteiger partial charge >= 0.3 is 0 Å². The van der Waals surface area contributed by atoms with Gasteiger partial charge in [0.05, 0.1) is 5.69 Å². The summed E-state index contributed by atoms with van der Waals surface area (Å²) in [4.78, 5) is 29.9. The Bertz CT molecular complexity index is 1190. The summed E-state index contributed by atoms with van der Waals surface area (Å²) in [5, 5.41) is 3.79. The van der Waals surface area contributed by atoms with Crippen LogP contribution in [0.2, 0.25) is 0 Å². The number of carbonyl (C=O) groups is 1. The Morgan fingerprint density at radius 2 is 1.91 bits per heavy atom. The molecule has 0 aliphatic carbocycles. The van der Waals surface area contributed by atoms with Crippen LogP contribution in [0.1, 0.15) is 24.3 Å². The van der Waals surface area contributed by atoms with Crippen LogP contribution in [-0.4, -0.2) is 77.0 Å². The lowest BCUT2D eigenvalue weighted by Crippen LogP contribution is -2.73. The van der Waals surface area contributed by atoms with E-state index in [4.69, 9.17) is 0 Å². The Labute approximate surface area is 199 Å². The van der Waals surface area contributed by atoms with E-state index in [0.717, 1.165) is 31.6 Å². The number of hydrogen-bond acceptors (Lipinski definition) is 6. The molecule has 34 heavy (non-hydrogen) atoms. The van der Waals surface area contributed by atoms with Crippen molar-refractivity contribution in [3.05, 3.63) is 55.1 Å². The number of rotatable bonds is 5. The highest BCUT2D eigenvalue weighted by molar-refractivity contribution is 5.97. The largest absolute Gasteiger partial charge is 0.368 e. The van der Waals surface area contributed by atoms with Gasteiger partial charge in [-0.1, -0.05) is 0 Å². The molecule has 1 spiro atoms. The van der Waals surface area contributed by atoms with Gasteiger partial charge in [-0.15, -0.1) is 13.2 Å². The quantitative estimate of drug-likeness (QED) is 0.557. The molecule has 2 fully saturated rings. The SMILES string of the molecule is C=C.CC(C)N1CC2(CN(c3ccc(Nc4ncc5cc(C(=O)N(C)C)[nH]c5n4)cc3F)C2)C1. The number of amides is 1. The van der Waals surface area contributed by atoms with Crippen molar-refractivity contribution in [2.24, 2.45) is 5.41 Å². The molecular weight excluding hydrogens is 433 g/mol. The van der Waals surface area contributed by atoms with Gasteiger partial charge in [0.25, 0.3) is 5.91 Å².